The van der Waals surface area contributed by atoms with Gasteiger partial charge in [-0.1, -0.05) is 49.8 Å². The zero-order valence-electron chi connectivity index (χ0n) is 24.5. The van der Waals surface area contributed by atoms with Gasteiger partial charge in [0.1, 0.15) is 17.6 Å². The molecular formula is C32H48O7. The summed E-state index contributed by atoms with van der Waals surface area (Å²) in [5.41, 5.74) is 0.863. The monoisotopic (exact) mass is 544 g/mol. The molecule has 3 heterocycles. The van der Waals surface area contributed by atoms with Crippen LogP contribution in [0.5, 0.6) is 0 Å². The molecule has 0 radical (unpaired) electrons. The lowest BCUT2D eigenvalue weighted by Gasteiger charge is -2.49. The minimum absolute atomic E-state index is 0.0499. The average Bonchev–Trinajstić information content (AvgIpc) is 2.88. The van der Waals surface area contributed by atoms with Crippen molar-refractivity contribution in [3.8, 4) is 0 Å². The van der Waals surface area contributed by atoms with E-state index in [1.165, 1.54) is 5.57 Å². The van der Waals surface area contributed by atoms with Gasteiger partial charge in [-0.3, -0.25) is 4.79 Å². The molecule has 0 unspecified atom stereocenters. The third kappa shape index (κ3) is 6.76. The maximum Gasteiger partial charge on any atom is 0.316 e. The SMILES string of the molecule is CO[C@H]1C[C@@]2(O)/C(CO)=C/C=C\[C@H](C)C/C(C)=C/C[C@@H]3C[C@@H](C[C@]4(CC[C@H](C)[C@@H](C)O4)O3)OC(=O)[C@@H]2C=C1C. The molecule has 39 heavy (non-hydrogen) atoms. The Morgan fingerprint density at radius 1 is 1.13 bits per heavy atom. The van der Waals surface area contributed by atoms with Gasteiger partial charge in [-0.25, -0.2) is 0 Å². The van der Waals surface area contributed by atoms with Gasteiger partial charge in [0.05, 0.1) is 24.9 Å². The Hall–Kier alpha value is -1.77. The standard InChI is InChI=1S/C32H48O7/c1-20-8-7-9-25(19-33)32(35)18-29(36-6)23(4)15-28(32)30(34)37-27-16-26(11-10-21(2)14-20)39-31(17-27)13-12-22(3)24(5)38-31/h7-10,15,20,22,24,26-29,33,35H,11-14,16-19H2,1-6H3/b8-7-,21-10+,25-9+/t20-,22-,24+,26+,27-,28-,29-,31-,32+/m0/s1. The van der Waals surface area contributed by atoms with Crippen LogP contribution in [0.3, 0.4) is 0 Å². The second-order valence-corrected chi connectivity index (χ2v) is 12.4. The highest BCUT2D eigenvalue weighted by Gasteiger charge is 2.51. The van der Waals surface area contributed by atoms with E-state index in [-0.39, 0.29) is 37.3 Å². The summed E-state index contributed by atoms with van der Waals surface area (Å²) in [6, 6.07) is 0. The summed E-state index contributed by atoms with van der Waals surface area (Å²) in [4.78, 5) is 13.9. The predicted molar refractivity (Wildman–Crippen MR) is 150 cm³/mol. The number of hydrogen-bond donors (Lipinski definition) is 2. The molecule has 2 bridgehead atoms. The van der Waals surface area contributed by atoms with Crippen molar-refractivity contribution in [2.24, 2.45) is 17.8 Å². The molecule has 0 saturated carbocycles. The Bertz CT molecular complexity index is 1010. The van der Waals surface area contributed by atoms with Crippen molar-refractivity contribution in [1.82, 2.24) is 0 Å². The second kappa shape index (κ2) is 12.4. The van der Waals surface area contributed by atoms with Crippen molar-refractivity contribution in [3.05, 3.63) is 47.1 Å². The van der Waals surface area contributed by atoms with Crippen molar-refractivity contribution in [2.75, 3.05) is 13.7 Å². The molecule has 1 spiro atoms. The molecule has 9 atom stereocenters. The molecular weight excluding hydrogens is 496 g/mol. The average molecular weight is 545 g/mol. The zero-order chi connectivity index (χ0) is 28.4. The molecule has 2 fully saturated rings. The summed E-state index contributed by atoms with van der Waals surface area (Å²) >= 11 is 0. The number of allylic oxidation sites excluding steroid dienone is 4. The first kappa shape index (κ1) is 30.2. The smallest absolute Gasteiger partial charge is 0.316 e. The summed E-state index contributed by atoms with van der Waals surface area (Å²) in [5.74, 6) is -1.55. The molecule has 4 rings (SSSR count). The van der Waals surface area contributed by atoms with Crippen LogP contribution in [0.1, 0.15) is 79.6 Å². The molecule has 1 aliphatic carbocycles. The number of carbonyl (C=O) groups excluding carboxylic acids is 1. The van der Waals surface area contributed by atoms with E-state index in [9.17, 15) is 15.0 Å². The summed E-state index contributed by atoms with van der Waals surface area (Å²) in [7, 11) is 1.59. The maximum atomic E-state index is 13.9. The van der Waals surface area contributed by atoms with Gasteiger partial charge in [-0.05, 0) is 63.0 Å². The van der Waals surface area contributed by atoms with Crippen molar-refractivity contribution in [1.29, 1.82) is 0 Å². The molecule has 0 aromatic carbocycles. The number of carbonyl (C=O) groups is 1. The van der Waals surface area contributed by atoms with Gasteiger partial charge in [0.2, 0.25) is 0 Å². The van der Waals surface area contributed by atoms with E-state index >= 15 is 0 Å². The molecule has 7 heteroatoms. The first-order chi connectivity index (χ1) is 18.5. The molecule has 218 valence electrons. The highest BCUT2D eigenvalue weighted by atomic mass is 16.7. The highest BCUT2D eigenvalue weighted by molar-refractivity contribution is 5.78. The minimum Gasteiger partial charge on any atom is -0.462 e. The fourth-order valence-corrected chi connectivity index (χ4v) is 6.66. The second-order valence-electron chi connectivity index (χ2n) is 12.4. The van der Waals surface area contributed by atoms with Crippen LogP contribution in [0.15, 0.2) is 47.1 Å². The molecule has 0 aromatic heterocycles. The molecule has 0 amide bonds. The van der Waals surface area contributed by atoms with Gasteiger partial charge in [-0.15, -0.1) is 0 Å². The van der Waals surface area contributed by atoms with E-state index in [2.05, 4.69) is 39.8 Å². The van der Waals surface area contributed by atoms with Crippen LogP contribution >= 0.6 is 0 Å². The van der Waals surface area contributed by atoms with Crippen LogP contribution in [-0.2, 0) is 23.7 Å². The van der Waals surface area contributed by atoms with Gasteiger partial charge in [0.15, 0.2) is 5.79 Å². The van der Waals surface area contributed by atoms with Crippen molar-refractivity contribution in [3.63, 3.8) is 0 Å². The molecule has 4 aliphatic rings. The largest absolute Gasteiger partial charge is 0.462 e. The first-order valence-corrected chi connectivity index (χ1v) is 14.6. The lowest BCUT2D eigenvalue weighted by molar-refractivity contribution is -0.332. The Labute approximate surface area is 233 Å². The third-order valence-corrected chi connectivity index (χ3v) is 9.23. The number of ether oxygens (including phenoxy) is 4. The molecule has 3 aliphatic heterocycles. The van der Waals surface area contributed by atoms with Crippen molar-refractivity contribution >= 4 is 5.97 Å². The maximum absolute atomic E-state index is 13.9. The van der Waals surface area contributed by atoms with E-state index in [0.29, 0.717) is 24.3 Å². The van der Waals surface area contributed by atoms with Crippen LogP contribution < -0.4 is 0 Å². The number of hydrogen-bond acceptors (Lipinski definition) is 7. The molecule has 0 aromatic rings. The van der Waals surface area contributed by atoms with Crippen LogP contribution in [0, 0.1) is 17.8 Å². The molecule has 2 N–H and O–H groups in total. The van der Waals surface area contributed by atoms with Crippen LogP contribution in [0.2, 0.25) is 0 Å². The predicted octanol–water partition coefficient (Wildman–Crippen LogP) is 5.17. The van der Waals surface area contributed by atoms with Gasteiger partial charge < -0.3 is 29.2 Å². The quantitative estimate of drug-likeness (QED) is 0.366. The van der Waals surface area contributed by atoms with Crippen LogP contribution in [0.25, 0.3) is 0 Å². The van der Waals surface area contributed by atoms with Gasteiger partial charge >= 0.3 is 5.97 Å². The molecule has 2 saturated heterocycles. The van der Waals surface area contributed by atoms with Crippen LogP contribution in [0.4, 0.5) is 0 Å². The first-order valence-electron chi connectivity index (χ1n) is 14.6. The summed E-state index contributed by atoms with van der Waals surface area (Å²) < 4.78 is 25.0. The van der Waals surface area contributed by atoms with Crippen molar-refractivity contribution < 1.29 is 34.0 Å². The fraction of sp³-hybridized carbons (Fsp3) is 0.719. The number of aliphatic hydroxyl groups is 2. The zero-order valence-corrected chi connectivity index (χ0v) is 24.5. The number of rotatable bonds is 2. The van der Waals surface area contributed by atoms with E-state index in [4.69, 9.17) is 18.9 Å². The highest BCUT2D eigenvalue weighted by Crippen LogP contribution is 2.44. The Morgan fingerprint density at radius 2 is 1.90 bits per heavy atom. The lowest BCUT2D eigenvalue weighted by atomic mass is 9.71. The normalized spacial score (nSPS) is 45.7. The minimum atomic E-state index is -1.64. The van der Waals surface area contributed by atoms with E-state index < -0.39 is 29.4 Å². The van der Waals surface area contributed by atoms with Crippen molar-refractivity contribution in [2.45, 2.75) is 115 Å². The summed E-state index contributed by atoms with van der Waals surface area (Å²) in [6.07, 6.45) is 13.3. The Morgan fingerprint density at radius 3 is 2.59 bits per heavy atom. The van der Waals surface area contributed by atoms with Crippen LogP contribution in [-0.4, -0.2) is 65.7 Å². The topological polar surface area (TPSA) is 94.5 Å². The van der Waals surface area contributed by atoms with Gasteiger partial charge in [-0.2, -0.15) is 0 Å². The lowest BCUT2D eigenvalue weighted by Crippen LogP contribution is -2.55. The Balaban J connectivity index is 1.73. The van der Waals surface area contributed by atoms with E-state index in [1.807, 2.05) is 13.0 Å². The summed E-state index contributed by atoms with van der Waals surface area (Å²) in [6.45, 7) is 10.1. The van der Waals surface area contributed by atoms with E-state index in [1.54, 1.807) is 19.3 Å². The molecule has 7 nitrogen and oxygen atoms in total. The Kier molecular flexibility index (Phi) is 9.60. The summed E-state index contributed by atoms with van der Waals surface area (Å²) in [5, 5.41) is 22.4. The van der Waals surface area contributed by atoms with Gasteiger partial charge in [0, 0.05) is 32.8 Å². The van der Waals surface area contributed by atoms with Gasteiger partial charge in [0.25, 0.3) is 0 Å². The third-order valence-electron chi connectivity index (χ3n) is 9.23. The number of aliphatic hydroxyl groups excluding tert-OH is 1. The fourth-order valence-electron chi connectivity index (χ4n) is 6.66. The number of esters is 1. The van der Waals surface area contributed by atoms with E-state index in [0.717, 1.165) is 31.3 Å². The number of methoxy groups -OCH3 is 1. The number of fused-ring (bicyclic) bond motifs is 3.